The van der Waals surface area contributed by atoms with Gasteiger partial charge >= 0.3 is 0 Å². The van der Waals surface area contributed by atoms with Crippen molar-refractivity contribution in [3.05, 3.63) is 53.0 Å². The minimum Gasteiger partial charge on any atom is -0.493 e. The number of hydrogen-bond donors (Lipinski definition) is 2. The molecule has 5 rings (SSSR count). The lowest BCUT2D eigenvalue weighted by Crippen LogP contribution is -2.14. The Bertz CT molecular complexity index is 1310. The smallest absolute Gasteiger partial charge is 0.210 e. The number of nitrogens with one attached hydrogen (secondary N) is 1. The number of aliphatic hydroxyl groups is 1. The fourth-order valence-electron chi connectivity index (χ4n) is 4.32. The van der Waals surface area contributed by atoms with Crippen LogP contribution in [0.1, 0.15) is 29.4 Å². The molecule has 32 heavy (non-hydrogen) atoms. The summed E-state index contributed by atoms with van der Waals surface area (Å²) in [6, 6.07) is 3.11. The molecule has 0 radical (unpaired) electrons. The normalized spacial score (nSPS) is 13.9. The molecule has 0 unspecified atom stereocenters. The summed E-state index contributed by atoms with van der Waals surface area (Å²) in [5.74, 6) is 0.979. The Labute approximate surface area is 183 Å². The van der Waals surface area contributed by atoms with Crippen LogP contribution in [-0.4, -0.2) is 47.2 Å². The van der Waals surface area contributed by atoms with E-state index in [4.69, 9.17) is 4.74 Å². The Morgan fingerprint density at radius 2 is 2.16 bits per heavy atom. The number of ether oxygens (including phenoxy) is 1. The first-order chi connectivity index (χ1) is 15.4. The molecule has 0 fully saturated rings. The van der Waals surface area contributed by atoms with E-state index in [1.807, 2.05) is 13.8 Å². The third kappa shape index (κ3) is 3.36. The molecule has 9 nitrogen and oxygen atoms in total. The third-order valence-corrected chi connectivity index (χ3v) is 5.78. The Balaban J connectivity index is 1.50. The van der Waals surface area contributed by atoms with Crippen LogP contribution in [0.3, 0.4) is 0 Å². The molecule has 4 aromatic rings. The number of aromatic nitrogens is 6. The van der Waals surface area contributed by atoms with Crippen LogP contribution < -0.4 is 10.1 Å². The maximum atomic E-state index is 14.5. The van der Waals surface area contributed by atoms with Crippen LogP contribution in [0.15, 0.2) is 24.7 Å². The first-order valence-corrected chi connectivity index (χ1v) is 10.5. The molecule has 2 N–H and O–H groups in total. The van der Waals surface area contributed by atoms with Crippen LogP contribution in [0.25, 0.3) is 16.8 Å². The number of aryl methyl sites for hydroxylation is 1. The van der Waals surface area contributed by atoms with Gasteiger partial charge in [-0.1, -0.05) is 0 Å². The van der Waals surface area contributed by atoms with Gasteiger partial charge in [-0.25, -0.2) is 9.37 Å². The van der Waals surface area contributed by atoms with E-state index in [0.29, 0.717) is 36.7 Å². The van der Waals surface area contributed by atoms with Crippen molar-refractivity contribution in [2.75, 3.05) is 11.9 Å². The van der Waals surface area contributed by atoms with Gasteiger partial charge in [-0.15, -0.1) is 10.2 Å². The highest BCUT2D eigenvalue weighted by Crippen LogP contribution is 2.32. The first-order valence-electron chi connectivity index (χ1n) is 10.5. The Hall–Kier alpha value is -3.53. The summed E-state index contributed by atoms with van der Waals surface area (Å²) in [6.07, 6.45) is 3.48. The van der Waals surface area contributed by atoms with Crippen LogP contribution in [0.5, 0.6) is 5.75 Å². The van der Waals surface area contributed by atoms with Crippen molar-refractivity contribution in [3.8, 4) is 16.9 Å². The highest BCUT2D eigenvalue weighted by molar-refractivity contribution is 5.80. The maximum absolute atomic E-state index is 14.5. The standard InChI is InChI=1S/C22H24FN7O2/c1-12(31)10-30-14(3)20(13(2)28-30)17-9-25-22(29-11-26-27-21(17)29)24-8-16-15-6-7-32-19(15)5-4-18(16)23/h4-5,9,11-12,31H,6-8,10H2,1-3H3,(H,24,25)/t12-/m0/s1. The van der Waals surface area contributed by atoms with E-state index in [1.54, 1.807) is 34.6 Å². The van der Waals surface area contributed by atoms with Crippen LogP contribution in [0, 0.1) is 19.7 Å². The van der Waals surface area contributed by atoms with E-state index < -0.39 is 6.10 Å². The van der Waals surface area contributed by atoms with Gasteiger partial charge in [0.15, 0.2) is 5.65 Å². The van der Waals surface area contributed by atoms with E-state index in [9.17, 15) is 9.50 Å². The molecule has 1 aliphatic heterocycles. The van der Waals surface area contributed by atoms with Crippen molar-refractivity contribution in [2.45, 2.75) is 46.4 Å². The van der Waals surface area contributed by atoms with Crippen LogP contribution in [-0.2, 0) is 19.5 Å². The van der Waals surface area contributed by atoms with Crippen molar-refractivity contribution >= 4 is 11.6 Å². The van der Waals surface area contributed by atoms with E-state index >= 15 is 0 Å². The lowest BCUT2D eigenvalue weighted by Gasteiger charge is -2.13. The monoisotopic (exact) mass is 437 g/mol. The average molecular weight is 437 g/mol. The number of benzene rings is 1. The van der Waals surface area contributed by atoms with Crippen LogP contribution >= 0.6 is 0 Å². The minimum absolute atomic E-state index is 0.266. The SMILES string of the molecule is Cc1nn(C[C@H](C)O)c(C)c1-c1cnc(NCc2c(F)ccc3c2CCO3)n2cnnc12. The van der Waals surface area contributed by atoms with Crippen molar-refractivity contribution < 1.29 is 14.2 Å². The van der Waals surface area contributed by atoms with Crippen molar-refractivity contribution in [3.63, 3.8) is 0 Å². The molecule has 0 saturated carbocycles. The molecule has 1 atom stereocenters. The molecule has 1 aliphatic rings. The highest BCUT2D eigenvalue weighted by Gasteiger charge is 2.22. The summed E-state index contributed by atoms with van der Waals surface area (Å²) in [5.41, 5.74) is 5.53. The van der Waals surface area contributed by atoms with Gasteiger partial charge in [-0.3, -0.25) is 9.08 Å². The predicted octanol–water partition coefficient (Wildman–Crippen LogP) is 2.67. The fourth-order valence-corrected chi connectivity index (χ4v) is 4.32. The zero-order valence-corrected chi connectivity index (χ0v) is 18.1. The molecule has 1 aromatic carbocycles. The summed E-state index contributed by atoms with van der Waals surface area (Å²) in [5, 5.41) is 25.9. The number of rotatable bonds is 6. The molecule has 0 bridgehead atoms. The van der Waals surface area contributed by atoms with E-state index in [1.165, 1.54) is 6.07 Å². The summed E-state index contributed by atoms with van der Waals surface area (Å²) >= 11 is 0. The quantitative estimate of drug-likeness (QED) is 0.478. The number of fused-ring (bicyclic) bond motifs is 2. The second-order valence-electron chi connectivity index (χ2n) is 8.05. The summed E-state index contributed by atoms with van der Waals surface area (Å²) in [6.45, 7) is 6.84. The van der Waals surface area contributed by atoms with Crippen molar-refractivity contribution in [1.29, 1.82) is 0 Å². The fraction of sp³-hybridized carbons (Fsp3) is 0.364. The van der Waals surface area contributed by atoms with Gasteiger partial charge in [0.2, 0.25) is 5.95 Å². The number of aliphatic hydroxyl groups excluding tert-OH is 1. The molecule has 0 amide bonds. The molecule has 0 spiro atoms. The predicted molar refractivity (Wildman–Crippen MR) is 116 cm³/mol. The highest BCUT2D eigenvalue weighted by atomic mass is 19.1. The second kappa shape index (κ2) is 7.86. The Kier molecular flexibility index (Phi) is 5.01. The van der Waals surface area contributed by atoms with Gasteiger partial charge in [0.1, 0.15) is 17.9 Å². The Morgan fingerprint density at radius 1 is 1.31 bits per heavy atom. The molecular formula is C22H24FN7O2. The van der Waals surface area contributed by atoms with E-state index in [2.05, 4.69) is 25.6 Å². The van der Waals surface area contributed by atoms with Gasteiger partial charge in [-0.2, -0.15) is 5.10 Å². The van der Waals surface area contributed by atoms with E-state index in [0.717, 1.165) is 33.8 Å². The number of anilines is 1. The van der Waals surface area contributed by atoms with Crippen LogP contribution in [0.4, 0.5) is 10.3 Å². The summed E-state index contributed by atoms with van der Waals surface area (Å²) in [4.78, 5) is 4.58. The van der Waals surface area contributed by atoms with Gasteiger partial charge in [0, 0.05) is 47.1 Å². The van der Waals surface area contributed by atoms with Gasteiger partial charge in [-0.05, 0) is 32.9 Å². The average Bonchev–Trinajstić information content (AvgIpc) is 3.47. The lowest BCUT2D eigenvalue weighted by atomic mass is 10.0. The topological polar surface area (TPSA) is 102 Å². The third-order valence-electron chi connectivity index (χ3n) is 5.78. The Morgan fingerprint density at radius 3 is 2.97 bits per heavy atom. The molecule has 10 heteroatoms. The van der Waals surface area contributed by atoms with Crippen LogP contribution in [0.2, 0.25) is 0 Å². The number of nitrogens with zero attached hydrogens (tertiary/aromatic N) is 6. The number of hydrogen-bond acceptors (Lipinski definition) is 7. The first kappa shape index (κ1) is 20.4. The largest absolute Gasteiger partial charge is 0.493 e. The molecule has 4 heterocycles. The molecule has 166 valence electrons. The molecular weight excluding hydrogens is 413 g/mol. The van der Waals surface area contributed by atoms with E-state index in [-0.39, 0.29) is 12.4 Å². The number of halogens is 1. The van der Waals surface area contributed by atoms with Gasteiger partial charge in [0.05, 0.1) is 24.9 Å². The zero-order valence-electron chi connectivity index (χ0n) is 18.1. The van der Waals surface area contributed by atoms with Crippen molar-refractivity contribution in [2.24, 2.45) is 0 Å². The maximum Gasteiger partial charge on any atom is 0.210 e. The molecule has 3 aromatic heterocycles. The summed E-state index contributed by atoms with van der Waals surface area (Å²) in [7, 11) is 0. The molecule has 0 saturated heterocycles. The zero-order chi connectivity index (χ0) is 22.4. The molecule has 0 aliphatic carbocycles. The minimum atomic E-state index is -0.510. The second-order valence-corrected chi connectivity index (χ2v) is 8.05. The lowest BCUT2D eigenvalue weighted by molar-refractivity contribution is 0.167. The summed E-state index contributed by atoms with van der Waals surface area (Å²) < 4.78 is 23.6. The van der Waals surface area contributed by atoms with Gasteiger partial charge in [0.25, 0.3) is 0 Å². The van der Waals surface area contributed by atoms with Gasteiger partial charge < -0.3 is 15.2 Å². The van der Waals surface area contributed by atoms with Crippen molar-refractivity contribution in [1.82, 2.24) is 29.4 Å².